The van der Waals surface area contributed by atoms with Gasteiger partial charge in [0.1, 0.15) is 0 Å². The minimum absolute atomic E-state index is 0.139. The molecule has 0 aliphatic heterocycles. The molecule has 0 radical (unpaired) electrons. The van der Waals surface area contributed by atoms with E-state index >= 15 is 0 Å². The lowest BCUT2D eigenvalue weighted by molar-refractivity contribution is -0.145. The van der Waals surface area contributed by atoms with E-state index in [-0.39, 0.29) is 27.1 Å². The summed E-state index contributed by atoms with van der Waals surface area (Å²) in [4.78, 5) is 15.7. The highest BCUT2D eigenvalue weighted by Crippen LogP contribution is 2.42. The van der Waals surface area contributed by atoms with Crippen LogP contribution in [-0.4, -0.2) is 27.3 Å². The number of hydrogen-bond donors (Lipinski definition) is 2. The molecular formula is C30H25F3IN3O3. The Balaban J connectivity index is 1.21. The van der Waals surface area contributed by atoms with E-state index in [1.54, 1.807) is 53.8 Å². The molecule has 2 N–H and O–H groups in total. The van der Waals surface area contributed by atoms with Crippen LogP contribution in [0.4, 0.5) is 13.2 Å². The summed E-state index contributed by atoms with van der Waals surface area (Å²) in [5, 5.41) is 16.9. The first-order valence-electron chi connectivity index (χ1n) is 13.0. The lowest BCUT2D eigenvalue weighted by atomic mass is 9.80. The summed E-state index contributed by atoms with van der Waals surface area (Å²) >= 11 is 1.72. The first-order chi connectivity index (χ1) is 19.1. The van der Waals surface area contributed by atoms with Crippen LogP contribution in [0, 0.1) is 16.4 Å². The van der Waals surface area contributed by atoms with Crippen LogP contribution in [0.3, 0.4) is 0 Å². The molecule has 40 heavy (non-hydrogen) atoms. The zero-order valence-corrected chi connectivity index (χ0v) is 23.6. The van der Waals surface area contributed by atoms with E-state index in [2.05, 4.69) is 27.6 Å². The van der Waals surface area contributed by atoms with Gasteiger partial charge in [-0.05, 0) is 107 Å². The van der Waals surface area contributed by atoms with E-state index in [9.17, 15) is 18.0 Å². The highest BCUT2D eigenvalue weighted by atomic mass is 127. The van der Waals surface area contributed by atoms with Crippen molar-refractivity contribution in [1.82, 2.24) is 15.5 Å². The van der Waals surface area contributed by atoms with Crippen molar-refractivity contribution >= 4 is 28.6 Å². The smallest absolute Gasteiger partial charge is 0.418 e. The van der Waals surface area contributed by atoms with E-state index < -0.39 is 17.7 Å². The largest absolute Gasteiger partial charge is 0.481 e. The number of carbonyl (C=O) groups is 1. The summed E-state index contributed by atoms with van der Waals surface area (Å²) in [6.07, 6.45) is -1.28. The van der Waals surface area contributed by atoms with Gasteiger partial charge in [-0.2, -0.15) is 18.2 Å². The second-order valence-electron chi connectivity index (χ2n) is 10.5. The maximum Gasteiger partial charge on any atom is 0.418 e. The average Bonchev–Trinajstić information content (AvgIpc) is 3.52. The molecule has 3 aromatic carbocycles. The second kappa shape index (κ2) is 10.3. The number of halogens is 4. The number of alkyl halides is 3. The summed E-state index contributed by atoms with van der Waals surface area (Å²) in [7, 11) is 0. The van der Waals surface area contributed by atoms with E-state index in [0.29, 0.717) is 41.2 Å². The highest BCUT2D eigenvalue weighted by Gasteiger charge is 2.37. The van der Waals surface area contributed by atoms with Crippen molar-refractivity contribution in [2.24, 2.45) is 5.92 Å². The monoisotopic (exact) mass is 659 g/mol. The molecule has 1 fully saturated rings. The van der Waals surface area contributed by atoms with Crippen LogP contribution in [-0.2, 0) is 17.4 Å². The number of hydrogen-bond acceptors (Lipinski definition) is 5. The van der Waals surface area contributed by atoms with Crippen molar-refractivity contribution in [3.8, 4) is 34.0 Å². The van der Waals surface area contributed by atoms with Gasteiger partial charge in [0.05, 0.1) is 11.5 Å². The zero-order valence-electron chi connectivity index (χ0n) is 21.4. The average molecular weight is 659 g/mol. The third-order valence-corrected chi connectivity index (χ3v) is 8.79. The lowest BCUT2D eigenvalue weighted by Crippen LogP contribution is -2.45. The van der Waals surface area contributed by atoms with Gasteiger partial charge in [0.15, 0.2) is 0 Å². The number of nitrogens with zero attached hydrogens (tertiary/aromatic N) is 2. The molecule has 6 nitrogen and oxygen atoms in total. The van der Waals surface area contributed by atoms with Crippen LogP contribution in [0.25, 0.3) is 34.0 Å². The number of nitrogens with one attached hydrogen (secondary N) is 1. The minimum Gasteiger partial charge on any atom is -0.481 e. The summed E-state index contributed by atoms with van der Waals surface area (Å²) in [5.74, 6) is -0.230. The molecule has 0 saturated heterocycles. The molecule has 0 spiro atoms. The number of carboxylic acids is 1. The fourth-order valence-corrected chi connectivity index (χ4v) is 6.57. The van der Waals surface area contributed by atoms with E-state index in [4.69, 9.17) is 9.63 Å². The maximum atomic E-state index is 13.8. The molecule has 2 aliphatic rings. The molecule has 1 heterocycles. The third kappa shape index (κ3) is 5.03. The molecule has 4 aromatic rings. The predicted molar refractivity (Wildman–Crippen MR) is 151 cm³/mol. The standard InChI is InChI=1S/C30H25F3IN3O3/c1-15-11-18(6-8-21(15)23-3-2-4-24(34)26(23)30(31,32)33)28-36-27(37-40-28)17-5-9-22-16(12-17)7-10-25(22)35-20-13-19(14-20)29(38)39/h2-6,8-9,11-12,19-20,25,35H,7,10,13-14H2,1H3,(H,38,39). The molecule has 1 unspecified atom stereocenters. The van der Waals surface area contributed by atoms with Gasteiger partial charge in [0.2, 0.25) is 5.82 Å². The first-order valence-corrected chi connectivity index (χ1v) is 14.1. The second-order valence-corrected chi connectivity index (χ2v) is 11.7. The van der Waals surface area contributed by atoms with Crippen molar-refractivity contribution < 1.29 is 27.6 Å². The van der Waals surface area contributed by atoms with Crippen LogP contribution < -0.4 is 5.32 Å². The molecule has 0 bridgehead atoms. The fourth-order valence-electron chi connectivity index (χ4n) is 5.76. The van der Waals surface area contributed by atoms with Gasteiger partial charge in [-0.25, -0.2) is 0 Å². The van der Waals surface area contributed by atoms with E-state index in [1.165, 1.54) is 23.3 Å². The van der Waals surface area contributed by atoms with Gasteiger partial charge in [-0.15, -0.1) is 0 Å². The number of benzene rings is 3. The summed E-state index contributed by atoms with van der Waals surface area (Å²) < 4.78 is 47.1. The molecule has 6 rings (SSSR count). The molecule has 206 valence electrons. The number of carboxylic acid groups (broad SMARTS) is 1. The Morgan fingerprint density at radius 2 is 1.85 bits per heavy atom. The first kappa shape index (κ1) is 26.9. The van der Waals surface area contributed by atoms with Gasteiger partial charge in [-0.1, -0.05) is 35.5 Å². The molecule has 10 heteroatoms. The Labute approximate surface area is 242 Å². The van der Waals surface area contributed by atoms with Crippen LogP contribution in [0.2, 0.25) is 0 Å². The Morgan fingerprint density at radius 3 is 2.58 bits per heavy atom. The maximum absolute atomic E-state index is 13.8. The summed E-state index contributed by atoms with van der Waals surface area (Å²) in [6.45, 7) is 1.77. The van der Waals surface area contributed by atoms with Crippen molar-refractivity contribution in [3.05, 3.63) is 80.4 Å². The topological polar surface area (TPSA) is 88.2 Å². The number of rotatable bonds is 6. The van der Waals surface area contributed by atoms with Gasteiger partial charge in [-0.3, -0.25) is 4.79 Å². The molecule has 1 aromatic heterocycles. The Hall–Kier alpha value is -3.25. The third-order valence-electron chi connectivity index (χ3n) is 7.89. The summed E-state index contributed by atoms with van der Waals surface area (Å²) in [5.41, 5.74) is 4.53. The zero-order chi connectivity index (χ0) is 28.2. The van der Waals surface area contributed by atoms with Crippen LogP contribution in [0.15, 0.2) is 59.1 Å². The quantitative estimate of drug-likeness (QED) is 0.209. The molecule has 2 aliphatic carbocycles. The van der Waals surface area contributed by atoms with Gasteiger partial charge in [0.25, 0.3) is 5.89 Å². The van der Waals surface area contributed by atoms with Gasteiger partial charge < -0.3 is 14.9 Å². The van der Waals surface area contributed by atoms with E-state index in [1.807, 2.05) is 6.07 Å². The number of aliphatic carboxylic acids is 1. The Morgan fingerprint density at radius 1 is 1.07 bits per heavy atom. The van der Waals surface area contributed by atoms with E-state index in [0.717, 1.165) is 18.4 Å². The Bertz CT molecular complexity index is 1610. The number of fused-ring (bicyclic) bond motifs is 1. The number of aryl methyl sites for hydroxylation is 2. The van der Waals surface area contributed by atoms with Crippen LogP contribution in [0.1, 0.15) is 47.6 Å². The number of aromatic nitrogens is 2. The SMILES string of the molecule is Cc1cc(-c2nc(-c3ccc4c(c3)CCC4NC3CC(C(=O)O)C3)no2)ccc1-c1cccc(I)c1C(F)(F)F. The van der Waals surface area contributed by atoms with Crippen molar-refractivity contribution in [3.63, 3.8) is 0 Å². The van der Waals surface area contributed by atoms with Gasteiger partial charge in [0, 0.05) is 26.8 Å². The molecular weight excluding hydrogens is 634 g/mol. The highest BCUT2D eigenvalue weighted by molar-refractivity contribution is 14.1. The predicted octanol–water partition coefficient (Wildman–Crippen LogP) is 7.44. The molecule has 1 saturated carbocycles. The summed E-state index contributed by atoms with van der Waals surface area (Å²) in [6, 6.07) is 16.2. The fraction of sp³-hybridized carbons (Fsp3) is 0.300. The van der Waals surface area contributed by atoms with Crippen LogP contribution in [0.5, 0.6) is 0 Å². The van der Waals surface area contributed by atoms with Crippen molar-refractivity contribution in [2.75, 3.05) is 0 Å². The lowest BCUT2D eigenvalue weighted by Gasteiger charge is -2.35. The molecule has 0 amide bonds. The Kier molecular flexibility index (Phi) is 6.94. The normalized spacial score (nSPS) is 20.3. The molecule has 1 atom stereocenters. The van der Waals surface area contributed by atoms with Crippen molar-refractivity contribution in [1.29, 1.82) is 0 Å². The minimum atomic E-state index is -4.47. The van der Waals surface area contributed by atoms with Gasteiger partial charge >= 0.3 is 12.1 Å². The van der Waals surface area contributed by atoms with Crippen molar-refractivity contribution in [2.45, 2.75) is 50.9 Å². The van der Waals surface area contributed by atoms with Crippen LogP contribution >= 0.6 is 22.6 Å².